The summed E-state index contributed by atoms with van der Waals surface area (Å²) in [5.41, 5.74) is 2.46. The van der Waals surface area contributed by atoms with Gasteiger partial charge in [0.05, 0.1) is 17.9 Å². The smallest absolute Gasteiger partial charge is 0.0991 e. The monoisotopic (exact) mass is 93.0 g/mol. The normalized spacial score (nSPS) is 24.0. The summed E-state index contributed by atoms with van der Waals surface area (Å²) in [5.74, 6) is 0.722. The fourth-order valence-corrected chi connectivity index (χ4v) is 0.361. The zero-order chi connectivity index (χ0) is 3.54. The van der Waals surface area contributed by atoms with Crippen molar-refractivity contribution in [1.82, 2.24) is 5.48 Å². The molecule has 0 aromatic carbocycles. The third-order valence-corrected chi connectivity index (χ3v) is 0.659. The van der Waals surface area contributed by atoms with Crippen molar-refractivity contribution in [3.05, 3.63) is 0 Å². The van der Waals surface area contributed by atoms with Gasteiger partial charge in [0.1, 0.15) is 0 Å². The molecule has 4 heteroatoms. The molecule has 0 atom stereocenters. The third kappa shape index (κ3) is 0.769. The fourth-order valence-electron chi connectivity index (χ4n) is 0.120. The summed E-state index contributed by atoms with van der Waals surface area (Å²) < 4.78 is 4.25. The highest BCUT2D eigenvalue weighted by atomic mass is 32.2. The van der Waals surface area contributed by atoms with E-state index in [-0.39, 0.29) is 0 Å². The maximum atomic E-state index is 4.25. The lowest BCUT2D eigenvalue weighted by molar-refractivity contribution is -0.221. The first kappa shape index (κ1) is 3.42. The molecule has 0 aliphatic carbocycles. The third-order valence-electron chi connectivity index (χ3n) is 0.259. The minimum absolute atomic E-state index is 0.722. The van der Waals surface area contributed by atoms with E-state index in [2.05, 4.69) is 14.8 Å². The second-order valence-corrected chi connectivity index (χ2v) is 1.22. The standard InChI is InChI=1S/CH3NO2S/c1-2-3-4-5-1/h2H,1H2. The van der Waals surface area contributed by atoms with Crippen LogP contribution in [-0.4, -0.2) is 5.88 Å². The minimum atomic E-state index is 0.722. The quantitative estimate of drug-likeness (QED) is 0.339. The Balaban J connectivity index is 2.08. The van der Waals surface area contributed by atoms with Gasteiger partial charge in [-0.3, -0.25) is 0 Å². The van der Waals surface area contributed by atoms with E-state index in [1.165, 1.54) is 12.0 Å². The van der Waals surface area contributed by atoms with Gasteiger partial charge >= 0.3 is 0 Å². The summed E-state index contributed by atoms with van der Waals surface area (Å²) in [6.07, 6.45) is 0. The van der Waals surface area contributed by atoms with Gasteiger partial charge in [0.2, 0.25) is 0 Å². The molecule has 1 rings (SSSR count). The molecule has 0 spiro atoms. The first-order valence-electron chi connectivity index (χ1n) is 1.18. The first-order chi connectivity index (χ1) is 2.50. The van der Waals surface area contributed by atoms with Gasteiger partial charge in [-0.05, 0) is 0 Å². The molecule has 1 N–H and O–H groups in total. The molecular formula is CH3NO2S. The number of rotatable bonds is 0. The molecule has 0 unspecified atom stereocenters. The molecule has 1 heterocycles. The maximum absolute atomic E-state index is 4.25. The number of hydroxylamine groups is 1. The van der Waals surface area contributed by atoms with Crippen LogP contribution in [0.3, 0.4) is 0 Å². The first-order valence-corrected chi connectivity index (χ1v) is 2.09. The van der Waals surface area contributed by atoms with Crippen LogP contribution < -0.4 is 5.48 Å². The van der Waals surface area contributed by atoms with Gasteiger partial charge in [0.25, 0.3) is 0 Å². The van der Waals surface area contributed by atoms with Crippen LogP contribution >= 0.6 is 12.0 Å². The molecular weight excluding hydrogens is 90.1 g/mol. The van der Waals surface area contributed by atoms with Gasteiger partial charge in [0.15, 0.2) is 0 Å². The van der Waals surface area contributed by atoms with Crippen molar-refractivity contribution in [1.29, 1.82) is 0 Å². The Bertz CT molecular complexity index is 21.2. The summed E-state index contributed by atoms with van der Waals surface area (Å²) in [4.78, 5) is 4.16. The summed E-state index contributed by atoms with van der Waals surface area (Å²) in [6.45, 7) is 0. The second-order valence-electron chi connectivity index (χ2n) is 0.558. The molecule has 0 amide bonds. The molecule has 0 bridgehead atoms. The van der Waals surface area contributed by atoms with E-state index in [1.807, 2.05) is 0 Å². The van der Waals surface area contributed by atoms with Gasteiger partial charge in [-0.15, -0.1) is 9.32 Å². The van der Waals surface area contributed by atoms with Crippen molar-refractivity contribution < 1.29 is 9.32 Å². The molecule has 1 saturated heterocycles. The van der Waals surface area contributed by atoms with Crippen LogP contribution in [0.5, 0.6) is 0 Å². The second kappa shape index (κ2) is 1.61. The molecule has 0 radical (unpaired) electrons. The largest absolute Gasteiger partial charge is 0.156 e. The van der Waals surface area contributed by atoms with Crippen molar-refractivity contribution in [2.75, 3.05) is 5.88 Å². The maximum Gasteiger partial charge on any atom is 0.0991 e. The van der Waals surface area contributed by atoms with Gasteiger partial charge in [0, 0.05) is 0 Å². The average Bonchev–Trinajstić information content (AvgIpc) is 1.76. The topological polar surface area (TPSA) is 30.5 Å². The van der Waals surface area contributed by atoms with Crippen LogP contribution in [0.2, 0.25) is 0 Å². The zero-order valence-electron chi connectivity index (χ0n) is 2.43. The lowest BCUT2D eigenvalue weighted by Crippen LogP contribution is -2.00. The minimum Gasteiger partial charge on any atom is -0.156 e. The van der Waals surface area contributed by atoms with E-state index in [4.69, 9.17) is 0 Å². The van der Waals surface area contributed by atoms with Crippen LogP contribution in [0.1, 0.15) is 0 Å². The van der Waals surface area contributed by atoms with Crippen molar-refractivity contribution in [3.63, 3.8) is 0 Å². The highest BCUT2D eigenvalue weighted by Crippen LogP contribution is 2.04. The molecule has 3 nitrogen and oxygen atoms in total. The van der Waals surface area contributed by atoms with Crippen molar-refractivity contribution in [2.24, 2.45) is 0 Å². The van der Waals surface area contributed by atoms with Crippen LogP contribution in [0.25, 0.3) is 0 Å². The average molecular weight is 93.1 g/mol. The van der Waals surface area contributed by atoms with Crippen molar-refractivity contribution in [2.45, 2.75) is 0 Å². The number of nitrogens with one attached hydrogen (secondary N) is 1. The Morgan fingerprint density at radius 2 is 2.80 bits per heavy atom. The van der Waals surface area contributed by atoms with Crippen LogP contribution in [-0.2, 0) is 9.32 Å². The molecule has 5 heavy (non-hydrogen) atoms. The summed E-state index contributed by atoms with van der Waals surface area (Å²) in [6, 6.07) is 0. The summed E-state index contributed by atoms with van der Waals surface area (Å²) in [7, 11) is 0. The Morgan fingerprint density at radius 1 is 1.80 bits per heavy atom. The molecule has 1 aliphatic rings. The predicted octanol–water partition coefficient (Wildman–Crippen LogP) is 0.0585. The Morgan fingerprint density at radius 3 is 3.00 bits per heavy atom. The van der Waals surface area contributed by atoms with E-state index in [9.17, 15) is 0 Å². The molecule has 30 valence electrons. The van der Waals surface area contributed by atoms with Gasteiger partial charge < -0.3 is 0 Å². The number of hydrogen-bond donors (Lipinski definition) is 1. The van der Waals surface area contributed by atoms with Gasteiger partial charge in [-0.2, -0.15) is 5.48 Å². The molecule has 1 fully saturated rings. The number of hydrogen-bond acceptors (Lipinski definition) is 4. The molecule has 0 saturated carbocycles. The molecule has 0 aromatic rings. The highest BCUT2D eigenvalue weighted by Gasteiger charge is 1.95. The van der Waals surface area contributed by atoms with E-state index >= 15 is 0 Å². The Hall–Kier alpha value is 0.230. The predicted molar refractivity (Wildman–Crippen MR) is 17.8 cm³/mol. The van der Waals surface area contributed by atoms with Crippen LogP contribution in [0.4, 0.5) is 0 Å². The lowest BCUT2D eigenvalue weighted by atomic mass is 11.5. The van der Waals surface area contributed by atoms with Gasteiger partial charge in [-0.1, -0.05) is 0 Å². The zero-order valence-corrected chi connectivity index (χ0v) is 3.25. The van der Waals surface area contributed by atoms with Crippen molar-refractivity contribution in [3.8, 4) is 0 Å². The van der Waals surface area contributed by atoms with Gasteiger partial charge in [-0.25, -0.2) is 0 Å². The van der Waals surface area contributed by atoms with E-state index < -0.39 is 0 Å². The van der Waals surface area contributed by atoms with Crippen molar-refractivity contribution >= 4 is 12.0 Å². The van der Waals surface area contributed by atoms with E-state index in [0.29, 0.717) is 0 Å². The van der Waals surface area contributed by atoms with Crippen LogP contribution in [0, 0.1) is 0 Å². The van der Waals surface area contributed by atoms with Crippen LogP contribution in [0.15, 0.2) is 0 Å². The summed E-state index contributed by atoms with van der Waals surface area (Å²) in [5, 5.41) is 0. The Labute approximate surface area is 33.7 Å². The van der Waals surface area contributed by atoms with E-state index in [1.54, 1.807) is 0 Å². The summed E-state index contributed by atoms with van der Waals surface area (Å²) >= 11 is 1.24. The molecule has 0 aromatic heterocycles. The Kier molecular flexibility index (Phi) is 1.10. The van der Waals surface area contributed by atoms with E-state index in [0.717, 1.165) is 5.88 Å². The fraction of sp³-hybridized carbons (Fsp3) is 1.00. The highest BCUT2D eigenvalue weighted by molar-refractivity contribution is 7.94. The SMILES string of the molecule is C1NOOS1. The lowest BCUT2D eigenvalue weighted by Gasteiger charge is -1.74. The molecule has 1 aliphatic heterocycles.